The molecule has 5 N–H and O–H groups in total. The summed E-state index contributed by atoms with van der Waals surface area (Å²) in [6, 6.07) is 8.49. The van der Waals surface area contributed by atoms with Crippen molar-refractivity contribution in [3.05, 3.63) is 53.6 Å². The van der Waals surface area contributed by atoms with Gasteiger partial charge in [0.1, 0.15) is 5.82 Å². The second-order valence-electron chi connectivity index (χ2n) is 5.10. The summed E-state index contributed by atoms with van der Waals surface area (Å²) in [6.07, 6.45) is 4.49. The van der Waals surface area contributed by atoms with E-state index in [1.54, 1.807) is 13.1 Å². The minimum absolute atomic E-state index is 0.149. The molecule has 0 saturated heterocycles. The first-order valence-corrected chi connectivity index (χ1v) is 9.26. The molecular formula is C16H21N5S2. The van der Waals surface area contributed by atoms with Crippen LogP contribution in [0.1, 0.15) is 29.8 Å². The number of nitrogens with two attached hydrogens (primary N) is 1. The lowest BCUT2D eigenvalue weighted by Crippen LogP contribution is -2.08. The fourth-order valence-corrected chi connectivity index (χ4v) is 3.53. The van der Waals surface area contributed by atoms with Crippen LogP contribution < -0.4 is 5.73 Å². The Kier molecular flexibility index (Phi) is 6.73. The fraction of sp³-hybridized carbons (Fsp3) is 0.312. The highest BCUT2D eigenvalue weighted by Crippen LogP contribution is 2.27. The summed E-state index contributed by atoms with van der Waals surface area (Å²) < 4.78 is 0. The molecule has 0 spiro atoms. The summed E-state index contributed by atoms with van der Waals surface area (Å²) in [4.78, 5) is 7.57. The monoisotopic (exact) mass is 347 g/mol. The van der Waals surface area contributed by atoms with Gasteiger partial charge in [-0.05, 0) is 24.5 Å². The van der Waals surface area contributed by atoms with Gasteiger partial charge in [-0.3, -0.25) is 10.8 Å². The molecular weight excluding hydrogens is 326 g/mol. The van der Waals surface area contributed by atoms with Gasteiger partial charge < -0.3 is 10.7 Å². The van der Waals surface area contributed by atoms with Crippen LogP contribution >= 0.6 is 23.5 Å². The van der Waals surface area contributed by atoms with Crippen molar-refractivity contribution in [1.29, 1.82) is 10.8 Å². The summed E-state index contributed by atoms with van der Waals surface area (Å²) in [5.74, 6) is 2.69. The van der Waals surface area contributed by atoms with Gasteiger partial charge in [-0.1, -0.05) is 36.0 Å². The molecule has 0 saturated carbocycles. The highest BCUT2D eigenvalue weighted by atomic mass is 32.2. The molecule has 0 fully saturated rings. The van der Waals surface area contributed by atoms with E-state index in [0.717, 1.165) is 23.8 Å². The van der Waals surface area contributed by atoms with E-state index < -0.39 is 0 Å². The minimum Gasteiger partial charge on any atom is -0.379 e. The molecule has 1 aromatic carbocycles. The molecule has 0 radical (unpaired) electrons. The molecule has 0 amide bonds. The molecule has 2 rings (SSSR count). The molecule has 2 aromatic rings. The molecule has 0 aliphatic rings. The van der Waals surface area contributed by atoms with Crippen LogP contribution in [0.15, 0.2) is 36.7 Å². The zero-order valence-corrected chi connectivity index (χ0v) is 14.6. The van der Waals surface area contributed by atoms with Gasteiger partial charge in [-0.15, -0.1) is 11.8 Å². The van der Waals surface area contributed by atoms with Crippen LogP contribution in [0.5, 0.6) is 0 Å². The number of benzene rings is 1. The number of hydrogen-bond donors (Lipinski definition) is 4. The molecule has 0 aliphatic carbocycles. The van der Waals surface area contributed by atoms with Gasteiger partial charge in [0.05, 0.1) is 11.0 Å². The first-order valence-electron chi connectivity index (χ1n) is 7.29. The Bertz CT molecular complexity index is 637. The second kappa shape index (κ2) is 8.79. The van der Waals surface area contributed by atoms with Crippen LogP contribution in [0.3, 0.4) is 0 Å². The highest BCUT2D eigenvalue weighted by Gasteiger charge is 2.17. The Morgan fingerprint density at radius 2 is 2.00 bits per heavy atom. The van der Waals surface area contributed by atoms with Crippen molar-refractivity contribution in [2.45, 2.75) is 19.3 Å². The van der Waals surface area contributed by atoms with Crippen LogP contribution in [-0.4, -0.2) is 31.7 Å². The van der Waals surface area contributed by atoms with Gasteiger partial charge in [0.2, 0.25) is 0 Å². The van der Waals surface area contributed by atoms with Gasteiger partial charge >= 0.3 is 0 Å². The summed E-state index contributed by atoms with van der Waals surface area (Å²) >= 11 is 2.90. The van der Waals surface area contributed by atoms with Crippen molar-refractivity contribution in [2.75, 3.05) is 11.5 Å². The van der Waals surface area contributed by atoms with E-state index in [9.17, 15) is 0 Å². The van der Waals surface area contributed by atoms with Crippen LogP contribution in [0.25, 0.3) is 0 Å². The van der Waals surface area contributed by atoms with E-state index in [-0.39, 0.29) is 11.1 Å². The second-order valence-corrected chi connectivity index (χ2v) is 7.47. The first kappa shape index (κ1) is 17.6. The zero-order chi connectivity index (χ0) is 16.7. The van der Waals surface area contributed by atoms with Crippen LogP contribution in [0, 0.1) is 10.8 Å². The number of H-pyrrole nitrogens is 1. The number of aromatic nitrogens is 2. The third-order valence-electron chi connectivity index (χ3n) is 3.35. The Morgan fingerprint density at radius 1 is 1.26 bits per heavy atom. The number of imidazole rings is 1. The average Bonchev–Trinajstić information content (AvgIpc) is 3.02. The van der Waals surface area contributed by atoms with Crippen LogP contribution in [0.2, 0.25) is 0 Å². The number of aromatic amines is 1. The topological polar surface area (TPSA) is 102 Å². The third-order valence-corrected chi connectivity index (χ3v) is 5.00. The zero-order valence-electron chi connectivity index (χ0n) is 13.0. The quantitative estimate of drug-likeness (QED) is 0.455. The number of hydrogen-bond acceptors (Lipinski definition) is 5. The summed E-state index contributed by atoms with van der Waals surface area (Å²) in [6.45, 7) is 1.81. The molecule has 0 bridgehead atoms. The van der Waals surface area contributed by atoms with E-state index in [2.05, 4.69) is 34.2 Å². The Labute approximate surface area is 144 Å². The summed E-state index contributed by atoms with van der Waals surface area (Å²) in [7, 11) is 0. The summed E-state index contributed by atoms with van der Waals surface area (Å²) in [5, 5.41) is 15.6. The van der Waals surface area contributed by atoms with E-state index >= 15 is 0 Å². The Balaban J connectivity index is 2.06. The van der Waals surface area contributed by atoms with Crippen molar-refractivity contribution in [3.8, 4) is 0 Å². The number of thioether (sulfide) groups is 2. The normalized spacial score (nSPS) is 12.0. The molecule has 7 heteroatoms. The number of amidine groups is 1. The first-order chi connectivity index (χ1) is 11.1. The Morgan fingerprint density at radius 3 is 2.57 bits per heavy atom. The van der Waals surface area contributed by atoms with Gasteiger partial charge in [-0.2, -0.15) is 0 Å². The maximum Gasteiger partial charge on any atom is 0.151 e. The van der Waals surface area contributed by atoms with Gasteiger partial charge in [0, 0.05) is 23.9 Å². The Hall–Kier alpha value is -1.73. The SMILES string of the molecule is CC(=N)SC[C@@H](c1ccc(CCSC(=N)N)cc1)c1ncc[nH]1. The minimum atomic E-state index is 0.149. The standard InChI is InChI=1S/C16H21N5S2/c1-11(17)23-10-14(15-20-7-8-21-15)13-4-2-12(3-5-13)6-9-22-16(18)19/h2-5,7-8,14,17H,6,9-10H2,1H3,(H3,18,19)(H,20,21)/t14-/m0/s1. The summed E-state index contributed by atoms with van der Waals surface area (Å²) in [5.41, 5.74) is 7.77. The number of nitrogens with one attached hydrogen (secondary N) is 3. The predicted molar refractivity (Wildman–Crippen MR) is 101 cm³/mol. The predicted octanol–water partition coefficient (Wildman–Crippen LogP) is 3.44. The van der Waals surface area contributed by atoms with E-state index in [4.69, 9.17) is 16.6 Å². The molecule has 122 valence electrons. The third kappa shape index (κ3) is 5.76. The van der Waals surface area contributed by atoms with Crippen LogP contribution in [0.4, 0.5) is 0 Å². The van der Waals surface area contributed by atoms with E-state index in [0.29, 0.717) is 5.04 Å². The molecule has 1 aromatic heterocycles. The van der Waals surface area contributed by atoms with Gasteiger partial charge in [0.25, 0.3) is 0 Å². The average molecular weight is 348 g/mol. The number of rotatable bonds is 7. The molecule has 1 heterocycles. The number of nitrogens with zero attached hydrogens (tertiary/aromatic N) is 1. The molecule has 5 nitrogen and oxygen atoms in total. The van der Waals surface area contributed by atoms with E-state index in [1.165, 1.54) is 34.7 Å². The van der Waals surface area contributed by atoms with Crippen LogP contribution in [-0.2, 0) is 6.42 Å². The molecule has 23 heavy (non-hydrogen) atoms. The van der Waals surface area contributed by atoms with Crippen molar-refractivity contribution in [1.82, 2.24) is 9.97 Å². The maximum atomic E-state index is 7.62. The largest absolute Gasteiger partial charge is 0.379 e. The lowest BCUT2D eigenvalue weighted by molar-refractivity contribution is 0.851. The number of aryl methyl sites for hydroxylation is 1. The van der Waals surface area contributed by atoms with Gasteiger partial charge in [-0.25, -0.2) is 4.98 Å². The lowest BCUT2D eigenvalue weighted by atomic mass is 9.98. The van der Waals surface area contributed by atoms with E-state index in [1.807, 2.05) is 6.20 Å². The van der Waals surface area contributed by atoms with Crippen molar-refractivity contribution in [3.63, 3.8) is 0 Å². The van der Waals surface area contributed by atoms with Crippen molar-refractivity contribution < 1.29 is 0 Å². The fourth-order valence-electron chi connectivity index (χ4n) is 2.20. The van der Waals surface area contributed by atoms with Crippen molar-refractivity contribution in [2.24, 2.45) is 5.73 Å². The smallest absolute Gasteiger partial charge is 0.151 e. The maximum absolute atomic E-state index is 7.62. The molecule has 1 atom stereocenters. The molecule has 0 unspecified atom stereocenters. The lowest BCUT2D eigenvalue weighted by Gasteiger charge is -2.15. The van der Waals surface area contributed by atoms with Gasteiger partial charge in [0.15, 0.2) is 5.17 Å². The molecule has 0 aliphatic heterocycles. The highest BCUT2D eigenvalue weighted by molar-refractivity contribution is 8.13. The van der Waals surface area contributed by atoms with Crippen molar-refractivity contribution >= 4 is 33.7 Å².